The highest BCUT2D eigenvalue weighted by atomic mass is 35.5. The van der Waals surface area contributed by atoms with Gasteiger partial charge in [0.05, 0.1) is 0 Å². The van der Waals surface area contributed by atoms with Crippen LogP contribution in [0.3, 0.4) is 0 Å². The van der Waals surface area contributed by atoms with E-state index in [0.29, 0.717) is 12.3 Å². The number of likely N-dealkylation sites (N-methyl/N-ethyl adjacent to an activating group) is 1. The van der Waals surface area contributed by atoms with Crippen LogP contribution in [0.4, 0.5) is 11.6 Å². The molecule has 1 aliphatic heterocycles. The first-order chi connectivity index (χ1) is 18.5. The van der Waals surface area contributed by atoms with Crippen LogP contribution in [0.25, 0.3) is 0 Å². The normalized spacial score (nSPS) is 14.7. The van der Waals surface area contributed by atoms with Gasteiger partial charge < -0.3 is 31.9 Å². The monoisotopic (exact) mass is 568 g/mol. The number of unbranched alkanes of at least 4 members (excludes halogenated alkanes) is 3. The lowest BCUT2D eigenvalue weighted by Gasteiger charge is -2.32. The van der Waals surface area contributed by atoms with Crippen LogP contribution in [0.15, 0.2) is 4.99 Å². The van der Waals surface area contributed by atoms with Crippen LogP contribution in [-0.4, -0.2) is 109 Å². The Balaban J connectivity index is 0.000000391. The second kappa shape index (κ2) is 19.5. The Hall–Kier alpha value is -2.54. The molecular formula is C26H49ClN10O2. The average Bonchev–Trinajstić information content (AvgIpc) is 2.88. The van der Waals surface area contributed by atoms with Crippen LogP contribution in [-0.2, 0) is 4.79 Å². The molecule has 1 aromatic heterocycles. The molecule has 0 spiro atoms. The van der Waals surface area contributed by atoms with E-state index in [1.165, 1.54) is 13.1 Å². The van der Waals surface area contributed by atoms with Crippen LogP contribution in [0.5, 0.6) is 0 Å². The van der Waals surface area contributed by atoms with E-state index in [1.807, 2.05) is 0 Å². The predicted molar refractivity (Wildman–Crippen MR) is 160 cm³/mol. The molecule has 0 unspecified atom stereocenters. The van der Waals surface area contributed by atoms with E-state index in [1.54, 1.807) is 0 Å². The second-order valence-corrected chi connectivity index (χ2v) is 10.5. The molecule has 7 N–H and O–H groups in total. The highest BCUT2D eigenvalue weighted by molar-refractivity contribution is 6.31. The van der Waals surface area contributed by atoms with Crippen molar-refractivity contribution in [2.75, 3.05) is 78.4 Å². The fourth-order valence-corrected chi connectivity index (χ4v) is 3.96. The Morgan fingerprint density at radius 1 is 1.00 bits per heavy atom. The number of piperazine rings is 1. The SMILES string of the molecule is CCCCCN=C(N)NC(=O)c1nc(Cl)c(N)nc1N.CN(C)CCCCC(=O)CCCN1CCN(C)CC1. The molecule has 2 rings (SSSR count). The van der Waals surface area contributed by atoms with E-state index >= 15 is 0 Å². The van der Waals surface area contributed by atoms with E-state index in [2.05, 4.69) is 63.0 Å². The molecule has 1 saturated heterocycles. The van der Waals surface area contributed by atoms with E-state index in [4.69, 9.17) is 28.8 Å². The molecule has 2 heterocycles. The van der Waals surface area contributed by atoms with Gasteiger partial charge >= 0.3 is 0 Å². The zero-order valence-electron chi connectivity index (χ0n) is 24.2. The fourth-order valence-electron chi connectivity index (χ4n) is 3.83. The summed E-state index contributed by atoms with van der Waals surface area (Å²) < 4.78 is 0. The number of nitrogens with zero attached hydrogens (tertiary/aromatic N) is 6. The summed E-state index contributed by atoms with van der Waals surface area (Å²) in [6, 6.07) is 0. The standard InChI is InChI=1S/C15H31N3O.C11H18ClN7O/c1-16(2)9-5-4-7-15(19)8-6-10-18-13-11-17(3)12-14-18;1-2-3-4-5-16-11(15)19-10(20)6-8(13)18-9(14)7(12)17-6/h4-14H2,1-3H3;2-5H2,1H3,(H4,13,14,18)(H3,15,16,19,20). The number of hydrogen-bond donors (Lipinski definition) is 4. The van der Waals surface area contributed by atoms with Gasteiger partial charge in [0.15, 0.2) is 28.4 Å². The van der Waals surface area contributed by atoms with Crippen LogP contribution >= 0.6 is 11.6 Å². The fraction of sp³-hybridized carbons (Fsp3) is 0.731. The molecule has 0 aliphatic carbocycles. The van der Waals surface area contributed by atoms with Crippen molar-refractivity contribution in [2.24, 2.45) is 10.7 Å². The summed E-state index contributed by atoms with van der Waals surface area (Å²) in [7, 11) is 6.34. The number of amides is 1. The molecule has 39 heavy (non-hydrogen) atoms. The van der Waals surface area contributed by atoms with Gasteiger partial charge in [-0.25, -0.2) is 9.97 Å². The van der Waals surface area contributed by atoms with E-state index in [-0.39, 0.29) is 28.4 Å². The highest BCUT2D eigenvalue weighted by Crippen LogP contribution is 2.17. The molecule has 1 aliphatic rings. The lowest BCUT2D eigenvalue weighted by atomic mass is 10.1. The number of halogens is 1. The lowest BCUT2D eigenvalue weighted by Crippen LogP contribution is -2.44. The number of aliphatic imine (C=N–C) groups is 1. The molecule has 1 fully saturated rings. The molecule has 222 valence electrons. The Morgan fingerprint density at radius 3 is 2.31 bits per heavy atom. The summed E-state index contributed by atoms with van der Waals surface area (Å²) in [6.45, 7) is 9.47. The molecule has 0 saturated carbocycles. The van der Waals surface area contributed by atoms with Crippen LogP contribution in [0, 0.1) is 0 Å². The summed E-state index contributed by atoms with van der Waals surface area (Å²) >= 11 is 5.69. The number of carbonyl (C=O) groups excluding carboxylic acids is 2. The molecule has 0 atom stereocenters. The van der Waals surface area contributed by atoms with Crippen LogP contribution in [0.1, 0.15) is 68.8 Å². The Bertz CT molecular complexity index is 905. The zero-order valence-corrected chi connectivity index (χ0v) is 25.0. The Kier molecular flexibility index (Phi) is 17.3. The Labute approximate surface area is 238 Å². The van der Waals surface area contributed by atoms with Gasteiger partial charge in [-0.1, -0.05) is 31.4 Å². The van der Waals surface area contributed by atoms with Gasteiger partial charge in [-0.3, -0.25) is 19.9 Å². The van der Waals surface area contributed by atoms with Crippen molar-refractivity contribution >= 4 is 40.9 Å². The van der Waals surface area contributed by atoms with Crippen LogP contribution in [0.2, 0.25) is 5.15 Å². The van der Waals surface area contributed by atoms with Crippen molar-refractivity contribution in [1.82, 2.24) is 30.0 Å². The summed E-state index contributed by atoms with van der Waals surface area (Å²) in [5, 5.41) is 2.27. The average molecular weight is 569 g/mol. The van der Waals surface area contributed by atoms with Gasteiger partial charge in [0.2, 0.25) is 0 Å². The van der Waals surface area contributed by atoms with Gasteiger partial charge in [-0.2, -0.15) is 0 Å². The first-order valence-electron chi connectivity index (χ1n) is 13.8. The van der Waals surface area contributed by atoms with Gasteiger partial charge in [-0.15, -0.1) is 0 Å². The third-order valence-corrected chi connectivity index (χ3v) is 6.52. The number of anilines is 2. The van der Waals surface area contributed by atoms with Crippen molar-refractivity contribution in [3.8, 4) is 0 Å². The maximum Gasteiger partial charge on any atom is 0.280 e. The Morgan fingerprint density at radius 2 is 1.67 bits per heavy atom. The number of rotatable bonds is 14. The maximum atomic E-state index is 11.9. The number of hydrogen-bond acceptors (Lipinski definition) is 10. The number of ketones is 1. The molecule has 13 heteroatoms. The number of carbonyl (C=O) groups is 2. The number of Topliss-reactive ketones (excluding diaryl/α,β-unsaturated/α-hetero) is 1. The van der Waals surface area contributed by atoms with E-state index < -0.39 is 5.91 Å². The molecule has 1 aromatic rings. The molecule has 0 aromatic carbocycles. The lowest BCUT2D eigenvalue weighted by molar-refractivity contribution is -0.119. The first kappa shape index (κ1) is 34.5. The number of nitrogen functional groups attached to an aromatic ring is 2. The van der Waals surface area contributed by atoms with Crippen molar-refractivity contribution in [1.29, 1.82) is 0 Å². The van der Waals surface area contributed by atoms with Gasteiger partial charge in [0, 0.05) is 45.6 Å². The quantitative estimate of drug-likeness (QED) is 0.147. The minimum atomic E-state index is -0.631. The summed E-state index contributed by atoms with van der Waals surface area (Å²) in [5.41, 5.74) is 16.4. The predicted octanol–water partition coefficient (Wildman–Crippen LogP) is 1.84. The van der Waals surface area contributed by atoms with E-state index in [9.17, 15) is 9.59 Å². The third-order valence-electron chi connectivity index (χ3n) is 6.24. The zero-order chi connectivity index (χ0) is 29.2. The maximum absolute atomic E-state index is 11.9. The third kappa shape index (κ3) is 15.6. The van der Waals surface area contributed by atoms with Crippen molar-refractivity contribution < 1.29 is 9.59 Å². The highest BCUT2D eigenvalue weighted by Gasteiger charge is 2.16. The van der Waals surface area contributed by atoms with Crippen molar-refractivity contribution in [2.45, 2.75) is 58.3 Å². The molecule has 12 nitrogen and oxygen atoms in total. The summed E-state index contributed by atoms with van der Waals surface area (Å²) in [4.78, 5) is 42.1. The molecule has 0 bridgehead atoms. The van der Waals surface area contributed by atoms with Gasteiger partial charge in [-0.05, 0) is 59.9 Å². The summed E-state index contributed by atoms with van der Waals surface area (Å²) in [6.07, 6.45) is 7.81. The molecule has 1 amide bonds. The number of nitrogens with two attached hydrogens (primary N) is 3. The first-order valence-corrected chi connectivity index (χ1v) is 14.2. The number of guanidine groups is 1. The minimum Gasteiger partial charge on any atom is -0.382 e. The number of aromatic nitrogens is 2. The summed E-state index contributed by atoms with van der Waals surface area (Å²) in [5.74, 6) is -0.341. The van der Waals surface area contributed by atoms with Gasteiger partial charge in [0.25, 0.3) is 5.91 Å². The van der Waals surface area contributed by atoms with Crippen molar-refractivity contribution in [3.63, 3.8) is 0 Å². The topological polar surface area (TPSA) is 172 Å². The second-order valence-electron chi connectivity index (χ2n) is 10.1. The van der Waals surface area contributed by atoms with Crippen molar-refractivity contribution in [3.05, 3.63) is 10.8 Å². The molecule has 0 radical (unpaired) electrons. The smallest absolute Gasteiger partial charge is 0.280 e. The minimum absolute atomic E-state index is 0.000232. The number of nitrogens with one attached hydrogen (secondary N) is 1. The molecular weight excluding hydrogens is 520 g/mol. The van der Waals surface area contributed by atoms with Gasteiger partial charge in [0.1, 0.15) is 5.78 Å². The van der Waals surface area contributed by atoms with Crippen LogP contribution < -0.4 is 22.5 Å². The van der Waals surface area contributed by atoms with E-state index in [0.717, 1.165) is 77.5 Å². The largest absolute Gasteiger partial charge is 0.382 e.